The minimum absolute atomic E-state index is 0.287. The first-order valence-electron chi connectivity index (χ1n) is 5.29. The van der Waals surface area contributed by atoms with Crippen molar-refractivity contribution >= 4 is 63.1 Å². The second kappa shape index (κ2) is 5.98. The molecule has 3 N–H and O–H groups in total. The molecule has 0 atom stereocenters. The summed E-state index contributed by atoms with van der Waals surface area (Å²) in [5.74, 6) is -0.287. The molecule has 6 heteroatoms. The van der Waals surface area contributed by atoms with Gasteiger partial charge in [-0.3, -0.25) is 4.79 Å². The van der Waals surface area contributed by atoms with Crippen LogP contribution < -0.4 is 11.1 Å². The van der Waals surface area contributed by atoms with Gasteiger partial charge < -0.3 is 11.1 Å². The van der Waals surface area contributed by atoms with Crippen LogP contribution in [0.2, 0.25) is 10.0 Å². The number of nitrogens with two attached hydrogens (primary N) is 1. The number of carbonyl (C=O) groups excluding carboxylic acids is 1. The minimum atomic E-state index is -0.287. The van der Waals surface area contributed by atoms with Crippen molar-refractivity contribution in [1.82, 2.24) is 0 Å². The fourth-order valence-electron chi connectivity index (χ4n) is 1.50. The Bertz CT molecular complexity index is 647. The molecule has 0 unspecified atom stereocenters. The third-order valence-corrected chi connectivity index (χ3v) is 3.86. The van der Waals surface area contributed by atoms with Gasteiger partial charge in [-0.2, -0.15) is 0 Å². The van der Waals surface area contributed by atoms with Crippen LogP contribution in [0.3, 0.4) is 0 Å². The van der Waals surface area contributed by atoms with Gasteiger partial charge in [0.25, 0.3) is 5.91 Å². The van der Waals surface area contributed by atoms with Crippen molar-refractivity contribution in [2.75, 3.05) is 11.1 Å². The van der Waals surface area contributed by atoms with Crippen molar-refractivity contribution in [3.05, 3.63) is 55.6 Å². The summed E-state index contributed by atoms with van der Waals surface area (Å²) in [6.07, 6.45) is 0. The lowest BCUT2D eigenvalue weighted by molar-refractivity contribution is 0.102. The summed E-state index contributed by atoms with van der Waals surface area (Å²) < 4.78 is 0.852. The van der Waals surface area contributed by atoms with E-state index in [1.165, 1.54) is 0 Å². The zero-order valence-corrected chi connectivity index (χ0v) is 13.3. The van der Waals surface area contributed by atoms with Gasteiger partial charge in [-0.05, 0) is 59.0 Å². The van der Waals surface area contributed by atoms with Gasteiger partial charge in [0.15, 0.2) is 0 Å². The first kappa shape index (κ1) is 14.4. The number of anilines is 2. The molecule has 2 aromatic rings. The number of carbonyl (C=O) groups is 1. The van der Waals surface area contributed by atoms with E-state index in [1.54, 1.807) is 36.4 Å². The van der Waals surface area contributed by atoms with E-state index in [2.05, 4.69) is 27.9 Å². The van der Waals surface area contributed by atoms with Crippen LogP contribution in [0, 0.1) is 3.57 Å². The predicted octanol–water partition coefficient (Wildman–Crippen LogP) is 4.43. The van der Waals surface area contributed by atoms with Crippen LogP contribution >= 0.6 is 45.8 Å². The molecule has 0 saturated heterocycles. The lowest BCUT2D eigenvalue weighted by atomic mass is 10.2. The smallest absolute Gasteiger partial charge is 0.257 e. The number of halogens is 3. The lowest BCUT2D eigenvalue weighted by Crippen LogP contribution is -2.13. The molecule has 0 fully saturated rings. The molecule has 0 aromatic heterocycles. The van der Waals surface area contributed by atoms with E-state index in [1.807, 2.05) is 0 Å². The molecule has 0 saturated carbocycles. The van der Waals surface area contributed by atoms with Crippen molar-refractivity contribution in [1.29, 1.82) is 0 Å². The predicted molar refractivity (Wildman–Crippen MR) is 88.0 cm³/mol. The molecular weight excluding hydrogens is 398 g/mol. The summed E-state index contributed by atoms with van der Waals surface area (Å²) >= 11 is 14.0. The monoisotopic (exact) mass is 406 g/mol. The number of amides is 1. The molecule has 0 aliphatic carbocycles. The first-order chi connectivity index (χ1) is 8.97. The second-order valence-corrected chi connectivity index (χ2v) is 5.82. The Labute approximate surface area is 134 Å². The summed E-state index contributed by atoms with van der Waals surface area (Å²) in [6, 6.07) is 9.99. The molecular formula is C13H9Cl2IN2O. The van der Waals surface area contributed by atoms with Gasteiger partial charge in [-0.15, -0.1) is 0 Å². The van der Waals surface area contributed by atoms with E-state index < -0.39 is 0 Å². The van der Waals surface area contributed by atoms with Crippen molar-refractivity contribution in [2.24, 2.45) is 0 Å². The Kier molecular flexibility index (Phi) is 4.54. The summed E-state index contributed by atoms with van der Waals surface area (Å²) in [7, 11) is 0. The van der Waals surface area contributed by atoms with Crippen LogP contribution in [-0.4, -0.2) is 5.91 Å². The maximum atomic E-state index is 12.1. The molecule has 2 rings (SSSR count). The van der Waals surface area contributed by atoms with Gasteiger partial charge in [0, 0.05) is 14.3 Å². The standard InChI is InChI=1S/C13H9Cl2IN2O/c14-7-1-4-12(11(16)5-7)18-13(19)9-3-2-8(17)6-10(9)15/h1-6H,17H2,(H,18,19). The Morgan fingerprint density at radius 3 is 2.53 bits per heavy atom. The topological polar surface area (TPSA) is 55.1 Å². The minimum Gasteiger partial charge on any atom is -0.399 e. The van der Waals surface area contributed by atoms with Gasteiger partial charge >= 0.3 is 0 Å². The largest absolute Gasteiger partial charge is 0.399 e. The number of benzene rings is 2. The summed E-state index contributed by atoms with van der Waals surface area (Å²) in [5.41, 5.74) is 7.17. The van der Waals surface area contributed by atoms with Crippen LogP contribution in [-0.2, 0) is 0 Å². The van der Waals surface area contributed by atoms with Crippen LogP contribution in [0.25, 0.3) is 0 Å². The van der Waals surface area contributed by atoms with Gasteiger partial charge in [-0.25, -0.2) is 0 Å². The Hall–Kier alpha value is -0.980. The van der Waals surface area contributed by atoms with Crippen LogP contribution in [0.4, 0.5) is 11.4 Å². The molecule has 0 heterocycles. The van der Waals surface area contributed by atoms with Crippen LogP contribution in [0.5, 0.6) is 0 Å². The highest BCUT2D eigenvalue weighted by molar-refractivity contribution is 14.1. The van der Waals surface area contributed by atoms with E-state index in [0.29, 0.717) is 27.0 Å². The van der Waals surface area contributed by atoms with Gasteiger partial charge in [0.05, 0.1) is 16.3 Å². The SMILES string of the molecule is Nc1ccc(C(=O)Nc2ccc(Cl)cc2I)c(Cl)c1. The molecule has 2 aromatic carbocycles. The highest BCUT2D eigenvalue weighted by Crippen LogP contribution is 2.24. The Balaban J connectivity index is 2.25. The maximum absolute atomic E-state index is 12.1. The molecule has 3 nitrogen and oxygen atoms in total. The van der Waals surface area contributed by atoms with Gasteiger partial charge in [0.2, 0.25) is 0 Å². The highest BCUT2D eigenvalue weighted by Gasteiger charge is 2.12. The van der Waals surface area contributed by atoms with Gasteiger partial charge in [0.1, 0.15) is 0 Å². The zero-order chi connectivity index (χ0) is 14.0. The molecule has 0 aliphatic rings. The van der Waals surface area contributed by atoms with Crippen molar-refractivity contribution in [3.63, 3.8) is 0 Å². The number of rotatable bonds is 2. The fraction of sp³-hybridized carbons (Fsp3) is 0. The maximum Gasteiger partial charge on any atom is 0.257 e. The molecule has 19 heavy (non-hydrogen) atoms. The average Bonchev–Trinajstić information content (AvgIpc) is 2.32. The summed E-state index contributed by atoms with van der Waals surface area (Å²) in [6.45, 7) is 0. The van der Waals surface area contributed by atoms with Gasteiger partial charge in [-0.1, -0.05) is 23.2 Å². The Morgan fingerprint density at radius 2 is 1.89 bits per heavy atom. The molecule has 0 radical (unpaired) electrons. The van der Waals surface area contributed by atoms with E-state index in [4.69, 9.17) is 28.9 Å². The summed E-state index contributed by atoms with van der Waals surface area (Å²) in [5, 5.41) is 3.72. The molecule has 0 aliphatic heterocycles. The lowest BCUT2D eigenvalue weighted by Gasteiger charge is -2.09. The van der Waals surface area contributed by atoms with E-state index in [-0.39, 0.29) is 5.91 Å². The molecule has 1 amide bonds. The van der Waals surface area contributed by atoms with Crippen molar-refractivity contribution < 1.29 is 4.79 Å². The number of hydrogen-bond donors (Lipinski definition) is 2. The Morgan fingerprint density at radius 1 is 1.16 bits per heavy atom. The van der Waals surface area contributed by atoms with Crippen LogP contribution in [0.1, 0.15) is 10.4 Å². The summed E-state index contributed by atoms with van der Waals surface area (Å²) in [4.78, 5) is 12.1. The van der Waals surface area contributed by atoms with E-state index >= 15 is 0 Å². The highest BCUT2D eigenvalue weighted by atomic mass is 127. The van der Waals surface area contributed by atoms with E-state index in [0.717, 1.165) is 3.57 Å². The number of nitrogens with one attached hydrogen (secondary N) is 1. The molecule has 0 bridgehead atoms. The van der Waals surface area contributed by atoms with Crippen LogP contribution in [0.15, 0.2) is 36.4 Å². The zero-order valence-electron chi connectivity index (χ0n) is 9.58. The number of nitrogen functional groups attached to an aromatic ring is 1. The van der Waals surface area contributed by atoms with E-state index in [9.17, 15) is 4.79 Å². The quantitative estimate of drug-likeness (QED) is 0.572. The number of hydrogen-bond acceptors (Lipinski definition) is 2. The molecule has 0 spiro atoms. The van der Waals surface area contributed by atoms with Crippen molar-refractivity contribution in [3.8, 4) is 0 Å². The van der Waals surface area contributed by atoms with Crippen molar-refractivity contribution in [2.45, 2.75) is 0 Å². The second-order valence-electron chi connectivity index (χ2n) is 3.82. The average molecular weight is 407 g/mol. The third-order valence-electron chi connectivity index (χ3n) is 2.42. The molecule has 98 valence electrons. The third kappa shape index (κ3) is 3.52. The first-order valence-corrected chi connectivity index (χ1v) is 7.12. The normalized spacial score (nSPS) is 10.3. The fourth-order valence-corrected chi connectivity index (χ4v) is 2.78.